The minimum atomic E-state index is -1.82. The molecule has 6 nitrogen and oxygen atoms in total. The Morgan fingerprint density at radius 2 is 1.62 bits per heavy atom. The molecule has 0 bridgehead atoms. The van der Waals surface area contributed by atoms with E-state index in [9.17, 15) is 5.11 Å². The van der Waals surface area contributed by atoms with Gasteiger partial charge in [-0.2, -0.15) is 0 Å². The zero-order valence-corrected chi connectivity index (χ0v) is 9.20. The fourth-order valence-electron chi connectivity index (χ4n) is 1.07. The summed E-state index contributed by atoms with van der Waals surface area (Å²) in [4.78, 5) is 0. The van der Waals surface area contributed by atoms with Crippen LogP contribution in [0.4, 0.5) is 0 Å². The van der Waals surface area contributed by atoms with Gasteiger partial charge in [0.1, 0.15) is 18.3 Å². The first-order valence-corrected chi connectivity index (χ1v) is 3.54. The fraction of sp³-hybridized carbons (Fsp3) is 1.00. The van der Waals surface area contributed by atoms with E-state index >= 15 is 0 Å². The molecule has 0 aliphatic carbocycles. The van der Waals surface area contributed by atoms with Crippen LogP contribution in [0.15, 0.2) is 0 Å². The molecule has 1 aliphatic heterocycles. The maximum atomic E-state index is 10.7. The quantitative estimate of drug-likeness (QED) is 0.314. The average molecular weight is 202 g/mol. The van der Waals surface area contributed by atoms with Crippen LogP contribution in [-0.4, -0.2) is 57.7 Å². The van der Waals surface area contributed by atoms with Gasteiger partial charge in [0.25, 0.3) is 0 Å². The topological polar surface area (TPSA) is 113 Å². The first-order valence-electron chi connectivity index (χ1n) is 3.54. The molecule has 1 rings (SSSR count). The molecular formula is C6H11NaO6. The van der Waals surface area contributed by atoms with Crippen molar-refractivity contribution in [2.24, 2.45) is 0 Å². The van der Waals surface area contributed by atoms with Crippen LogP contribution >= 0.6 is 0 Å². The molecule has 0 saturated carbocycles. The molecule has 0 unspecified atom stereocenters. The normalized spacial score (nSPS) is 45.5. The van der Waals surface area contributed by atoms with Crippen molar-refractivity contribution in [3.8, 4) is 0 Å². The fourth-order valence-corrected chi connectivity index (χ4v) is 1.07. The third kappa shape index (κ3) is 2.85. The number of hydrogen-bond acceptors (Lipinski definition) is 6. The summed E-state index contributed by atoms with van der Waals surface area (Å²) >= 11 is 0. The second-order valence-electron chi connectivity index (χ2n) is 2.70. The smallest absolute Gasteiger partial charge is 0.829 e. The Bertz CT molecular complexity index is 151. The van der Waals surface area contributed by atoms with Crippen LogP contribution in [0.25, 0.3) is 0 Å². The molecule has 1 heterocycles. The van der Waals surface area contributed by atoms with Crippen LogP contribution in [0, 0.1) is 0 Å². The predicted octanol–water partition coefficient (Wildman–Crippen LogP) is -6.85. The molecular weight excluding hydrogens is 191 g/mol. The molecule has 13 heavy (non-hydrogen) atoms. The number of rotatable bonds is 1. The van der Waals surface area contributed by atoms with Gasteiger partial charge in [0.2, 0.25) is 0 Å². The van der Waals surface area contributed by atoms with Crippen molar-refractivity contribution in [3.05, 3.63) is 0 Å². The Morgan fingerprint density at radius 1 is 1.08 bits per heavy atom. The molecule has 5 atom stereocenters. The minimum Gasteiger partial charge on any atom is -0.829 e. The third-order valence-electron chi connectivity index (χ3n) is 1.85. The third-order valence-corrected chi connectivity index (χ3v) is 1.85. The zero-order valence-electron chi connectivity index (χ0n) is 7.20. The molecule has 4 N–H and O–H groups in total. The molecule has 72 valence electrons. The zero-order chi connectivity index (χ0) is 9.30. The first-order chi connectivity index (χ1) is 5.57. The molecule has 1 fully saturated rings. The van der Waals surface area contributed by atoms with Gasteiger partial charge in [0.15, 0.2) is 0 Å². The first kappa shape index (κ1) is 13.8. The van der Waals surface area contributed by atoms with Gasteiger partial charge in [-0.3, -0.25) is 0 Å². The van der Waals surface area contributed by atoms with E-state index in [-0.39, 0.29) is 29.6 Å². The molecule has 0 amide bonds. The van der Waals surface area contributed by atoms with E-state index in [2.05, 4.69) is 4.74 Å². The van der Waals surface area contributed by atoms with Crippen LogP contribution in [-0.2, 0) is 4.74 Å². The van der Waals surface area contributed by atoms with Gasteiger partial charge in [-0.1, -0.05) is 0 Å². The Kier molecular flexibility index (Phi) is 5.92. The van der Waals surface area contributed by atoms with Crippen LogP contribution in [0.5, 0.6) is 0 Å². The van der Waals surface area contributed by atoms with Crippen molar-refractivity contribution in [1.29, 1.82) is 0 Å². The van der Waals surface area contributed by atoms with Gasteiger partial charge in [-0.15, -0.1) is 0 Å². The van der Waals surface area contributed by atoms with E-state index in [1.165, 1.54) is 0 Å². The number of aliphatic hydroxyl groups excluding tert-OH is 4. The van der Waals surface area contributed by atoms with Crippen LogP contribution in [0.2, 0.25) is 0 Å². The van der Waals surface area contributed by atoms with Crippen molar-refractivity contribution in [1.82, 2.24) is 0 Å². The summed E-state index contributed by atoms with van der Waals surface area (Å²) in [5.41, 5.74) is 0. The maximum Gasteiger partial charge on any atom is 1.00 e. The number of aliphatic hydroxyl groups is 4. The van der Waals surface area contributed by atoms with Gasteiger partial charge in [0, 0.05) is 6.29 Å². The van der Waals surface area contributed by atoms with Gasteiger partial charge in [-0.05, 0) is 0 Å². The Hall–Kier alpha value is 0.760. The predicted molar refractivity (Wildman–Crippen MR) is 33.8 cm³/mol. The largest absolute Gasteiger partial charge is 1.00 e. The van der Waals surface area contributed by atoms with E-state index in [1.807, 2.05) is 0 Å². The molecule has 0 aromatic carbocycles. The maximum absolute atomic E-state index is 10.7. The Morgan fingerprint density at radius 3 is 2.08 bits per heavy atom. The molecule has 1 saturated heterocycles. The van der Waals surface area contributed by atoms with E-state index in [0.717, 1.165) is 0 Å². The molecule has 1 aliphatic rings. The number of ether oxygens (including phenoxy) is 1. The summed E-state index contributed by atoms with van der Waals surface area (Å²) in [7, 11) is 0. The van der Waals surface area contributed by atoms with E-state index in [0.29, 0.717) is 0 Å². The molecule has 7 heteroatoms. The Labute approximate surface area is 97.1 Å². The van der Waals surface area contributed by atoms with Crippen LogP contribution in [0.1, 0.15) is 0 Å². The van der Waals surface area contributed by atoms with Gasteiger partial charge >= 0.3 is 29.6 Å². The standard InChI is InChI=1S/C6H11O6.Na/c7-1-2-3(8)4(9)5(10)6(11)12-2;/h2-10H,1H2;/q-1;+1/t2-,3-,4+,5-,6-;/m1./s1. The summed E-state index contributed by atoms with van der Waals surface area (Å²) in [5, 5.41) is 46.3. The molecule has 0 aromatic heterocycles. The SMILES string of the molecule is [Na+].[O-][C@@H]1O[C@H](CO)[C@@H](O)[C@H](O)[C@H]1O. The van der Waals surface area contributed by atoms with Crippen molar-refractivity contribution in [3.63, 3.8) is 0 Å². The van der Waals surface area contributed by atoms with Gasteiger partial charge in [0.05, 0.1) is 12.7 Å². The number of hydrogen-bond donors (Lipinski definition) is 4. The summed E-state index contributed by atoms with van der Waals surface area (Å²) in [6, 6.07) is 0. The monoisotopic (exact) mass is 202 g/mol. The summed E-state index contributed by atoms with van der Waals surface area (Å²) in [6.07, 6.45) is -7.57. The van der Waals surface area contributed by atoms with E-state index in [1.54, 1.807) is 0 Å². The van der Waals surface area contributed by atoms with Crippen molar-refractivity contribution in [2.75, 3.05) is 6.61 Å². The van der Waals surface area contributed by atoms with Crippen molar-refractivity contribution >= 4 is 0 Å². The summed E-state index contributed by atoms with van der Waals surface area (Å²) in [5.74, 6) is 0. The molecule has 0 aromatic rings. The van der Waals surface area contributed by atoms with E-state index < -0.39 is 37.3 Å². The Balaban J connectivity index is 0.00000144. The average Bonchev–Trinajstić information content (AvgIpc) is 2.08. The summed E-state index contributed by atoms with van der Waals surface area (Å²) in [6.45, 7) is -0.566. The van der Waals surface area contributed by atoms with Gasteiger partial charge < -0.3 is 30.3 Å². The second-order valence-corrected chi connectivity index (χ2v) is 2.70. The van der Waals surface area contributed by atoms with E-state index in [4.69, 9.17) is 20.4 Å². The molecule has 0 spiro atoms. The second kappa shape index (κ2) is 5.59. The van der Waals surface area contributed by atoms with Crippen LogP contribution < -0.4 is 34.7 Å². The van der Waals surface area contributed by atoms with Crippen molar-refractivity contribution in [2.45, 2.75) is 30.7 Å². The van der Waals surface area contributed by atoms with Gasteiger partial charge in [-0.25, -0.2) is 0 Å². The van der Waals surface area contributed by atoms with Crippen LogP contribution in [0.3, 0.4) is 0 Å². The summed E-state index contributed by atoms with van der Waals surface area (Å²) < 4.78 is 4.46. The molecule has 0 radical (unpaired) electrons. The minimum absolute atomic E-state index is 0. The van der Waals surface area contributed by atoms with Crippen molar-refractivity contribution < 1.29 is 59.8 Å².